The van der Waals surface area contributed by atoms with Crippen LogP contribution in [-0.4, -0.2) is 47.0 Å². The van der Waals surface area contributed by atoms with E-state index in [1.54, 1.807) is 39.5 Å². The minimum Gasteiger partial charge on any atom is -0.493 e. The molecule has 0 atom stereocenters. The van der Waals surface area contributed by atoms with Crippen LogP contribution in [0.1, 0.15) is 18.1 Å². The highest BCUT2D eigenvalue weighted by Gasteiger charge is 2.15. The molecular weight excluding hydrogens is 446 g/mol. The lowest BCUT2D eigenvalue weighted by Gasteiger charge is -2.12. The number of benzene rings is 2. The molecule has 4 aromatic rings. The molecule has 0 amide bonds. The van der Waals surface area contributed by atoms with Gasteiger partial charge in [-0.2, -0.15) is 9.50 Å². The number of fused-ring (bicyclic) bond motifs is 1. The molecule has 4 rings (SSSR count). The highest BCUT2D eigenvalue weighted by Crippen LogP contribution is 2.38. The van der Waals surface area contributed by atoms with Crippen molar-refractivity contribution in [2.45, 2.75) is 13.8 Å². The smallest absolute Gasteiger partial charge is 0.300 e. The Labute approximate surface area is 193 Å². The SMILES string of the molecule is CC(=O)O.COc1cc(C=c2sc3nc(-c4ccccc4C)nn3c2=O)cc(OC)c1OC. The summed E-state index contributed by atoms with van der Waals surface area (Å²) in [5.41, 5.74) is 2.51. The molecule has 2 heterocycles. The van der Waals surface area contributed by atoms with E-state index in [9.17, 15) is 4.79 Å². The fraction of sp³-hybridized carbons (Fsp3) is 0.217. The summed E-state index contributed by atoms with van der Waals surface area (Å²) in [5.74, 6) is 1.25. The van der Waals surface area contributed by atoms with Gasteiger partial charge < -0.3 is 19.3 Å². The van der Waals surface area contributed by atoms with E-state index < -0.39 is 5.97 Å². The minimum absolute atomic E-state index is 0.217. The van der Waals surface area contributed by atoms with E-state index in [1.807, 2.05) is 31.2 Å². The lowest BCUT2D eigenvalue weighted by atomic mass is 10.1. The molecule has 9 nitrogen and oxygen atoms in total. The lowest BCUT2D eigenvalue weighted by molar-refractivity contribution is -0.134. The molecular formula is C23H23N3O6S. The van der Waals surface area contributed by atoms with Crippen molar-refractivity contribution in [2.24, 2.45) is 0 Å². The number of methoxy groups -OCH3 is 3. The highest BCUT2D eigenvalue weighted by molar-refractivity contribution is 7.15. The average molecular weight is 470 g/mol. The Balaban J connectivity index is 0.000000709. The first-order valence-corrected chi connectivity index (χ1v) is 10.6. The van der Waals surface area contributed by atoms with Crippen molar-refractivity contribution in [2.75, 3.05) is 21.3 Å². The summed E-state index contributed by atoms with van der Waals surface area (Å²) >= 11 is 1.29. The molecule has 0 unspecified atom stereocenters. The predicted molar refractivity (Wildman–Crippen MR) is 125 cm³/mol. The van der Waals surface area contributed by atoms with Crippen LogP contribution in [0.2, 0.25) is 0 Å². The van der Waals surface area contributed by atoms with Gasteiger partial charge in [0.05, 0.1) is 25.9 Å². The van der Waals surface area contributed by atoms with Gasteiger partial charge in [0, 0.05) is 12.5 Å². The van der Waals surface area contributed by atoms with Crippen LogP contribution >= 0.6 is 11.3 Å². The first-order valence-electron chi connectivity index (χ1n) is 9.75. The summed E-state index contributed by atoms with van der Waals surface area (Å²) in [5, 5.41) is 11.8. The molecule has 0 spiro atoms. The number of hydrogen-bond acceptors (Lipinski definition) is 8. The maximum Gasteiger partial charge on any atom is 0.300 e. The van der Waals surface area contributed by atoms with Gasteiger partial charge in [0.1, 0.15) is 0 Å². The van der Waals surface area contributed by atoms with E-state index in [0.29, 0.717) is 32.6 Å². The van der Waals surface area contributed by atoms with Gasteiger partial charge in [-0.25, -0.2) is 0 Å². The summed E-state index contributed by atoms with van der Waals surface area (Å²) in [7, 11) is 4.65. The Hall–Kier alpha value is -3.92. The zero-order valence-corrected chi connectivity index (χ0v) is 19.6. The topological polar surface area (TPSA) is 112 Å². The van der Waals surface area contributed by atoms with Crippen molar-refractivity contribution in [3.63, 3.8) is 0 Å². The summed E-state index contributed by atoms with van der Waals surface area (Å²) in [6.07, 6.45) is 1.77. The van der Waals surface area contributed by atoms with Crippen LogP contribution < -0.4 is 24.3 Å². The second-order valence-corrected chi connectivity index (χ2v) is 7.85. The Kier molecular flexibility index (Phi) is 7.29. The molecule has 0 fully saturated rings. The maximum atomic E-state index is 12.8. The summed E-state index contributed by atoms with van der Waals surface area (Å²) < 4.78 is 18.0. The van der Waals surface area contributed by atoms with E-state index in [1.165, 1.54) is 15.9 Å². The number of carboxylic acid groups (broad SMARTS) is 1. The van der Waals surface area contributed by atoms with E-state index in [0.717, 1.165) is 23.6 Å². The van der Waals surface area contributed by atoms with Crippen molar-refractivity contribution in [1.82, 2.24) is 14.6 Å². The Morgan fingerprint density at radius 3 is 2.21 bits per heavy atom. The summed E-state index contributed by atoms with van der Waals surface area (Å²) in [4.78, 5) is 26.9. The lowest BCUT2D eigenvalue weighted by Crippen LogP contribution is -2.23. The van der Waals surface area contributed by atoms with Crippen molar-refractivity contribution >= 4 is 28.3 Å². The van der Waals surface area contributed by atoms with E-state index in [2.05, 4.69) is 10.1 Å². The fourth-order valence-corrected chi connectivity index (χ4v) is 4.02. The number of aliphatic carboxylic acids is 1. The van der Waals surface area contributed by atoms with Gasteiger partial charge in [-0.3, -0.25) is 9.59 Å². The molecule has 0 bridgehead atoms. The normalized spacial score (nSPS) is 11.1. The van der Waals surface area contributed by atoms with Gasteiger partial charge in [0.25, 0.3) is 11.5 Å². The van der Waals surface area contributed by atoms with Crippen molar-refractivity contribution in [1.29, 1.82) is 0 Å². The zero-order valence-electron chi connectivity index (χ0n) is 18.8. The molecule has 0 saturated carbocycles. The number of aryl methyl sites for hydroxylation is 1. The fourth-order valence-electron chi connectivity index (χ4n) is 3.11. The van der Waals surface area contributed by atoms with Crippen molar-refractivity contribution in [3.8, 4) is 28.6 Å². The molecule has 172 valence electrons. The largest absolute Gasteiger partial charge is 0.493 e. The monoisotopic (exact) mass is 469 g/mol. The van der Waals surface area contributed by atoms with Crippen LogP contribution in [0.25, 0.3) is 22.4 Å². The summed E-state index contributed by atoms with van der Waals surface area (Å²) in [6.45, 7) is 3.08. The van der Waals surface area contributed by atoms with Crippen LogP contribution in [0, 0.1) is 6.92 Å². The van der Waals surface area contributed by atoms with E-state index >= 15 is 0 Å². The molecule has 0 aliphatic rings. The van der Waals surface area contributed by atoms with Gasteiger partial charge in [0.15, 0.2) is 17.3 Å². The average Bonchev–Trinajstić information content (AvgIpc) is 3.32. The molecule has 33 heavy (non-hydrogen) atoms. The third-order valence-electron chi connectivity index (χ3n) is 4.55. The molecule has 2 aromatic carbocycles. The first kappa shape index (κ1) is 23.7. The van der Waals surface area contributed by atoms with Gasteiger partial charge in [0.2, 0.25) is 10.7 Å². The van der Waals surface area contributed by atoms with Crippen LogP contribution in [0.4, 0.5) is 0 Å². The van der Waals surface area contributed by atoms with Crippen LogP contribution in [-0.2, 0) is 4.79 Å². The van der Waals surface area contributed by atoms with E-state index in [-0.39, 0.29) is 5.56 Å². The van der Waals surface area contributed by atoms with Gasteiger partial charge >= 0.3 is 0 Å². The summed E-state index contributed by atoms with van der Waals surface area (Å²) in [6, 6.07) is 11.4. The molecule has 1 N–H and O–H groups in total. The third kappa shape index (κ3) is 5.12. The van der Waals surface area contributed by atoms with Gasteiger partial charge in [-0.15, -0.1) is 5.10 Å². The number of nitrogens with zero attached hydrogens (tertiary/aromatic N) is 3. The maximum absolute atomic E-state index is 12.8. The number of rotatable bonds is 5. The molecule has 0 aliphatic heterocycles. The van der Waals surface area contributed by atoms with Crippen molar-refractivity contribution < 1.29 is 24.1 Å². The van der Waals surface area contributed by atoms with E-state index in [4.69, 9.17) is 24.1 Å². The van der Waals surface area contributed by atoms with Crippen LogP contribution in [0.15, 0.2) is 41.2 Å². The minimum atomic E-state index is -0.833. The number of carboxylic acids is 1. The van der Waals surface area contributed by atoms with Crippen LogP contribution in [0.3, 0.4) is 0 Å². The molecule has 0 radical (unpaired) electrons. The Bertz CT molecular complexity index is 1380. The zero-order chi connectivity index (χ0) is 24.1. The molecule has 2 aromatic heterocycles. The number of carbonyl (C=O) groups is 1. The van der Waals surface area contributed by atoms with Gasteiger partial charge in [-0.1, -0.05) is 35.6 Å². The van der Waals surface area contributed by atoms with Crippen LogP contribution in [0.5, 0.6) is 17.2 Å². The van der Waals surface area contributed by atoms with Crippen molar-refractivity contribution in [3.05, 3.63) is 62.4 Å². The second-order valence-electron chi connectivity index (χ2n) is 6.84. The molecule has 10 heteroatoms. The number of hydrogen-bond donors (Lipinski definition) is 1. The molecule has 0 aliphatic carbocycles. The third-order valence-corrected chi connectivity index (χ3v) is 5.51. The molecule has 0 saturated heterocycles. The first-order chi connectivity index (χ1) is 15.8. The Morgan fingerprint density at radius 2 is 1.70 bits per heavy atom. The standard InChI is InChI=1S/C21H19N3O4S.C2H4O2/c1-12-7-5-6-8-14(12)19-22-21-24(23-19)20(25)17(29-21)11-13-9-15(26-2)18(28-4)16(10-13)27-3;1-2(3)4/h5-11H,1-4H3;1H3,(H,3,4). The number of thiazole rings is 1. The second kappa shape index (κ2) is 10.1. The number of ether oxygens (including phenoxy) is 3. The Morgan fingerprint density at radius 1 is 1.09 bits per heavy atom. The number of aromatic nitrogens is 3. The van der Waals surface area contributed by atoms with Gasteiger partial charge in [-0.05, 0) is 36.3 Å². The predicted octanol–water partition coefficient (Wildman–Crippen LogP) is 2.79. The quantitative estimate of drug-likeness (QED) is 0.475. The highest BCUT2D eigenvalue weighted by atomic mass is 32.1.